The zero-order valence-corrected chi connectivity index (χ0v) is 26.1. The molecule has 0 aliphatic heterocycles. The first-order valence-electron chi connectivity index (χ1n) is 14.9. The molecular weight excluding hydrogens is 565 g/mol. The van der Waals surface area contributed by atoms with E-state index in [0.29, 0.717) is 11.3 Å². The fraction of sp³-hybridized carbons (Fsp3) is 0.412. The molecule has 1 fully saturated rings. The Morgan fingerprint density at radius 2 is 1.65 bits per heavy atom. The fourth-order valence-corrected chi connectivity index (χ4v) is 6.72. The molecule has 0 unspecified atom stereocenters. The summed E-state index contributed by atoms with van der Waals surface area (Å²) in [5.74, 6) is -1.04. The van der Waals surface area contributed by atoms with Crippen molar-refractivity contribution in [2.45, 2.75) is 77.4 Å². The number of benzene rings is 3. The highest BCUT2D eigenvalue weighted by atomic mass is 32.2. The van der Waals surface area contributed by atoms with Gasteiger partial charge in [-0.3, -0.25) is 13.9 Å². The molecule has 9 heteroatoms. The lowest BCUT2D eigenvalue weighted by molar-refractivity contribution is -0.141. The zero-order chi connectivity index (χ0) is 31.0. The van der Waals surface area contributed by atoms with E-state index in [1.807, 2.05) is 62.4 Å². The predicted octanol–water partition coefficient (Wildman–Crippen LogP) is 5.69. The minimum Gasteiger partial charge on any atom is -0.352 e. The molecule has 3 aromatic rings. The van der Waals surface area contributed by atoms with E-state index >= 15 is 0 Å². The molecule has 1 aliphatic carbocycles. The normalized spacial score (nSPS) is 14.3. The van der Waals surface area contributed by atoms with Crippen molar-refractivity contribution >= 4 is 27.5 Å². The van der Waals surface area contributed by atoms with Crippen LogP contribution >= 0.6 is 0 Å². The van der Waals surface area contributed by atoms with Crippen molar-refractivity contribution < 1.29 is 22.4 Å². The van der Waals surface area contributed by atoms with Crippen LogP contribution < -0.4 is 9.62 Å². The van der Waals surface area contributed by atoms with Crippen molar-refractivity contribution in [1.82, 2.24) is 10.2 Å². The van der Waals surface area contributed by atoms with Crippen molar-refractivity contribution in [2.75, 3.05) is 17.1 Å². The van der Waals surface area contributed by atoms with E-state index in [9.17, 15) is 22.4 Å². The predicted molar refractivity (Wildman–Crippen MR) is 169 cm³/mol. The SMILES string of the molecule is Cc1ccc(C)c(N(CCCC(=O)N(Cc2ccccc2F)[C@@H](Cc2ccccc2)C(=O)NC2CCCC2)S(C)(=O)=O)c1. The molecule has 0 spiro atoms. The Hall–Kier alpha value is -3.72. The molecule has 7 nitrogen and oxygen atoms in total. The minimum atomic E-state index is -3.62. The first-order chi connectivity index (χ1) is 20.5. The Morgan fingerprint density at radius 3 is 2.33 bits per heavy atom. The van der Waals surface area contributed by atoms with Crippen LogP contribution in [-0.4, -0.2) is 50.0 Å². The number of hydrogen-bond donors (Lipinski definition) is 1. The highest BCUT2D eigenvalue weighted by Crippen LogP contribution is 2.25. The van der Waals surface area contributed by atoms with E-state index in [1.165, 1.54) is 15.3 Å². The number of carbonyl (C=O) groups excluding carboxylic acids is 2. The third-order valence-corrected chi connectivity index (χ3v) is 9.24. The molecule has 230 valence electrons. The Bertz CT molecular complexity index is 1510. The fourth-order valence-electron chi connectivity index (χ4n) is 5.70. The third-order valence-electron chi connectivity index (χ3n) is 8.06. The van der Waals surface area contributed by atoms with Gasteiger partial charge in [-0.05, 0) is 61.9 Å². The molecule has 0 saturated heterocycles. The van der Waals surface area contributed by atoms with Crippen molar-refractivity contribution in [3.05, 3.63) is 101 Å². The van der Waals surface area contributed by atoms with Crippen LogP contribution in [0.2, 0.25) is 0 Å². The summed E-state index contributed by atoms with van der Waals surface area (Å²) >= 11 is 0. The molecular formula is C34H42FN3O4S. The number of nitrogens with one attached hydrogen (secondary N) is 1. The number of amides is 2. The maximum Gasteiger partial charge on any atom is 0.243 e. The second-order valence-electron chi connectivity index (χ2n) is 11.5. The molecule has 0 radical (unpaired) electrons. The summed E-state index contributed by atoms with van der Waals surface area (Å²) < 4.78 is 41.8. The van der Waals surface area contributed by atoms with Gasteiger partial charge in [-0.25, -0.2) is 12.8 Å². The van der Waals surface area contributed by atoms with Crippen LogP contribution in [0.15, 0.2) is 72.8 Å². The van der Waals surface area contributed by atoms with E-state index in [2.05, 4.69) is 5.32 Å². The van der Waals surface area contributed by atoms with E-state index in [4.69, 9.17) is 0 Å². The zero-order valence-electron chi connectivity index (χ0n) is 25.3. The molecule has 1 atom stereocenters. The summed E-state index contributed by atoms with van der Waals surface area (Å²) in [5.41, 5.74) is 3.53. The third kappa shape index (κ3) is 8.89. The van der Waals surface area contributed by atoms with Crippen LogP contribution in [0.1, 0.15) is 60.8 Å². The molecule has 4 rings (SSSR count). The van der Waals surface area contributed by atoms with Gasteiger partial charge < -0.3 is 10.2 Å². The molecule has 43 heavy (non-hydrogen) atoms. The minimum absolute atomic E-state index is 0.00661. The van der Waals surface area contributed by atoms with Crippen LogP contribution in [0.3, 0.4) is 0 Å². The van der Waals surface area contributed by atoms with Gasteiger partial charge in [0.1, 0.15) is 11.9 Å². The number of sulfonamides is 1. The van der Waals surface area contributed by atoms with Crippen LogP contribution in [-0.2, 0) is 32.6 Å². The van der Waals surface area contributed by atoms with E-state index in [-0.39, 0.29) is 50.2 Å². The van der Waals surface area contributed by atoms with Gasteiger partial charge in [0, 0.05) is 37.5 Å². The lowest BCUT2D eigenvalue weighted by Crippen LogP contribution is -2.52. The Balaban J connectivity index is 1.61. The van der Waals surface area contributed by atoms with Crippen LogP contribution in [0.25, 0.3) is 0 Å². The van der Waals surface area contributed by atoms with Crippen molar-refractivity contribution in [1.29, 1.82) is 0 Å². The smallest absolute Gasteiger partial charge is 0.243 e. The molecule has 0 aromatic heterocycles. The van der Waals surface area contributed by atoms with Gasteiger partial charge in [0.2, 0.25) is 21.8 Å². The molecule has 1 saturated carbocycles. The quantitative estimate of drug-likeness (QED) is 0.271. The Kier molecular flexibility index (Phi) is 11.0. The second kappa shape index (κ2) is 14.6. The van der Waals surface area contributed by atoms with Gasteiger partial charge in [0.25, 0.3) is 0 Å². The monoisotopic (exact) mass is 607 g/mol. The lowest BCUT2D eigenvalue weighted by atomic mass is 10.0. The number of anilines is 1. The summed E-state index contributed by atoms with van der Waals surface area (Å²) in [6, 6.07) is 20.6. The number of aryl methyl sites for hydroxylation is 2. The van der Waals surface area contributed by atoms with Gasteiger partial charge in [0.15, 0.2) is 0 Å². The molecule has 1 aliphatic rings. The number of rotatable bonds is 13. The highest BCUT2D eigenvalue weighted by Gasteiger charge is 2.32. The first kappa shape index (κ1) is 32.2. The van der Waals surface area contributed by atoms with Crippen molar-refractivity contribution in [2.24, 2.45) is 0 Å². The summed E-state index contributed by atoms with van der Waals surface area (Å²) in [7, 11) is -3.62. The molecule has 0 heterocycles. The maximum atomic E-state index is 14.9. The number of nitrogens with zero attached hydrogens (tertiary/aromatic N) is 2. The number of hydrogen-bond acceptors (Lipinski definition) is 4. The van der Waals surface area contributed by atoms with Crippen LogP contribution in [0.5, 0.6) is 0 Å². The first-order valence-corrected chi connectivity index (χ1v) is 16.8. The van der Waals surface area contributed by atoms with Crippen LogP contribution in [0.4, 0.5) is 10.1 Å². The maximum absolute atomic E-state index is 14.9. The lowest BCUT2D eigenvalue weighted by Gasteiger charge is -2.33. The molecule has 0 bridgehead atoms. The van der Waals surface area contributed by atoms with Gasteiger partial charge in [0.05, 0.1) is 11.9 Å². The highest BCUT2D eigenvalue weighted by molar-refractivity contribution is 7.92. The van der Waals surface area contributed by atoms with Gasteiger partial charge in [-0.2, -0.15) is 0 Å². The summed E-state index contributed by atoms with van der Waals surface area (Å²) in [4.78, 5) is 29.3. The largest absolute Gasteiger partial charge is 0.352 e. The van der Waals surface area contributed by atoms with Gasteiger partial charge in [-0.15, -0.1) is 0 Å². The van der Waals surface area contributed by atoms with E-state index in [1.54, 1.807) is 18.2 Å². The molecule has 1 N–H and O–H groups in total. The van der Waals surface area contributed by atoms with Crippen LogP contribution in [0, 0.1) is 19.7 Å². The second-order valence-corrected chi connectivity index (χ2v) is 13.4. The standard InChI is InChI=1S/C34H42FN3O4S/c1-25-19-20-26(2)31(22-25)38(43(3,41)42)21-11-18-33(39)37(24-28-14-7-10-17-30(28)35)32(23-27-12-5-4-6-13-27)34(40)36-29-15-8-9-16-29/h4-7,10,12-14,17,19-20,22,29,32H,8-9,11,15-16,18,21,23-24H2,1-3H3,(H,36,40)/t32-/m0/s1. The average Bonchev–Trinajstić information content (AvgIpc) is 3.48. The summed E-state index contributed by atoms with van der Waals surface area (Å²) in [6.07, 6.45) is 5.53. The molecule has 3 aromatic carbocycles. The van der Waals surface area contributed by atoms with Gasteiger partial charge in [-0.1, -0.05) is 73.5 Å². The van der Waals surface area contributed by atoms with E-state index < -0.39 is 21.9 Å². The summed E-state index contributed by atoms with van der Waals surface area (Å²) in [5, 5.41) is 3.15. The van der Waals surface area contributed by atoms with Crippen molar-refractivity contribution in [3.8, 4) is 0 Å². The molecule has 2 amide bonds. The van der Waals surface area contributed by atoms with E-state index in [0.717, 1.165) is 48.6 Å². The average molecular weight is 608 g/mol. The number of halogens is 1. The topological polar surface area (TPSA) is 86.8 Å². The summed E-state index contributed by atoms with van der Waals surface area (Å²) in [6.45, 7) is 3.77. The van der Waals surface area contributed by atoms with Crippen molar-refractivity contribution in [3.63, 3.8) is 0 Å². The number of carbonyl (C=O) groups is 2. The Morgan fingerprint density at radius 1 is 0.977 bits per heavy atom. The Labute approximate surface area is 255 Å². The van der Waals surface area contributed by atoms with Gasteiger partial charge >= 0.3 is 0 Å².